The first-order chi connectivity index (χ1) is 8.98. The van der Waals surface area contributed by atoms with Gasteiger partial charge in [0, 0.05) is 30.3 Å². The highest BCUT2D eigenvalue weighted by Gasteiger charge is 2.56. The number of fused-ring (bicyclic) bond motifs is 3. The van der Waals surface area contributed by atoms with Crippen LogP contribution in [0.15, 0.2) is 23.2 Å². The molecule has 1 aromatic carbocycles. The van der Waals surface area contributed by atoms with Crippen molar-refractivity contribution in [1.29, 1.82) is 0 Å². The summed E-state index contributed by atoms with van der Waals surface area (Å²) in [6.07, 6.45) is 0.734. The average molecular weight is 278 g/mol. The Labute approximate surface area is 114 Å². The molecule has 2 aliphatic rings. The van der Waals surface area contributed by atoms with Gasteiger partial charge in [-0.2, -0.15) is 0 Å². The molecule has 3 atom stereocenters. The van der Waals surface area contributed by atoms with Crippen LogP contribution in [0.2, 0.25) is 0 Å². The summed E-state index contributed by atoms with van der Waals surface area (Å²) >= 11 is 1.59. The van der Waals surface area contributed by atoms with Gasteiger partial charge in [-0.1, -0.05) is 13.0 Å². The first kappa shape index (κ1) is 12.6. The summed E-state index contributed by atoms with van der Waals surface area (Å²) in [7, 11) is 1.72. The van der Waals surface area contributed by atoms with Crippen LogP contribution < -0.4 is 0 Å². The normalized spacial score (nSPS) is 34.4. The van der Waals surface area contributed by atoms with Crippen molar-refractivity contribution in [2.75, 3.05) is 7.05 Å². The third kappa shape index (κ3) is 1.56. The minimum atomic E-state index is -1.03. The zero-order valence-electron chi connectivity index (χ0n) is 10.7. The Morgan fingerprint density at radius 3 is 2.95 bits per heavy atom. The van der Waals surface area contributed by atoms with Crippen molar-refractivity contribution in [1.82, 2.24) is 0 Å². The number of benzene rings is 1. The van der Waals surface area contributed by atoms with Crippen molar-refractivity contribution in [3.63, 3.8) is 0 Å². The van der Waals surface area contributed by atoms with Crippen LogP contribution in [0.5, 0.6) is 0 Å². The van der Waals surface area contributed by atoms with Crippen LogP contribution >= 0.6 is 11.8 Å². The molecule has 3 rings (SSSR count). The third-order valence-corrected chi connectivity index (χ3v) is 5.73. The van der Waals surface area contributed by atoms with E-state index in [9.17, 15) is 15.2 Å². The van der Waals surface area contributed by atoms with Gasteiger partial charge in [-0.3, -0.25) is 15.1 Å². The molecule has 100 valence electrons. The van der Waals surface area contributed by atoms with E-state index >= 15 is 0 Å². The van der Waals surface area contributed by atoms with Crippen molar-refractivity contribution < 1.29 is 10.0 Å². The Bertz CT molecular complexity index is 602. The molecular weight excluding hydrogens is 264 g/mol. The second kappa shape index (κ2) is 4.05. The maximum atomic E-state index is 11.0. The number of hydrogen-bond donors (Lipinski definition) is 1. The number of nitro groups is 1. The number of nitro benzene ring substituents is 1. The van der Waals surface area contributed by atoms with Crippen LogP contribution in [-0.4, -0.2) is 27.4 Å². The maximum Gasteiger partial charge on any atom is 0.269 e. The third-order valence-electron chi connectivity index (χ3n) is 4.15. The highest BCUT2D eigenvalue weighted by molar-refractivity contribution is 8.15. The summed E-state index contributed by atoms with van der Waals surface area (Å²) in [5.41, 5.74) is 0.714. The van der Waals surface area contributed by atoms with E-state index in [1.165, 1.54) is 12.1 Å². The summed E-state index contributed by atoms with van der Waals surface area (Å²) < 4.78 is 0. The molecule has 1 aromatic rings. The summed E-state index contributed by atoms with van der Waals surface area (Å²) in [6.45, 7) is 1.93. The molecule has 1 N–H and O–H groups in total. The van der Waals surface area contributed by atoms with Gasteiger partial charge in [0.05, 0.1) is 9.97 Å². The number of nitrogens with zero attached hydrogens (tertiary/aromatic N) is 2. The van der Waals surface area contributed by atoms with E-state index in [1.54, 1.807) is 24.9 Å². The molecule has 0 radical (unpaired) electrons. The fraction of sp³-hybridized carbons (Fsp3) is 0.462. The lowest BCUT2D eigenvalue weighted by atomic mass is 9.84. The van der Waals surface area contributed by atoms with Gasteiger partial charge in [-0.25, -0.2) is 0 Å². The van der Waals surface area contributed by atoms with Crippen molar-refractivity contribution >= 4 is 22.5 Å². The van der Waals surface area contributed by atoms with Gasteiger partial charge in [-0.15, -0.1) is 11.8 Å². The summed E-state index contributed by atoms with van der Waals surface area (Å²) in [4.78, 5) is 14.7. The predicted molar refractivity (Wildman–Crippen MR) is 74.6 cm³/mol. The summed E-state index contributed by atoms with van der Waals surface area (Å²) in [6, 6.07) is 4.79. The fourth-order valence-electron chi connectivity index (χ4n) is 3.08. The van der Waals surface area contributed by atoms with E-state index in [4.69, 9.17) is 0 Å². The Morgan fingerprint density at radius 1 is 1.58 bits per heavy atom. The standard InChI is InChI=1S/C13H14N2O3S/c1-7-12(14-2)19-11-5-8-3-4-9(15(17)18)6-10(8)13(7,11)16/h3-4,6-7,11,16H,5H2,1-2H3. The molecule has 1 aliphatic heterocycles. The van der Waals surface area contributed by atoms with Gasteiger partial charge < -0.3 is 5.11 Å². The average Bonchev–Trinajstić information content (AvgIpc) is 2.80. The number of rotatable bonds is 1. The van der Waals surface area contributed by atoms with Crippen LogP contribution in [-0.2, 0) is 12.0 Å². The van der Waals surface area contributed by atoms with Gasteiger partial charge in [0.25, 0.3) is 5.69 Å². The summed E-state index contributed by atoms with van der Waals surface area (Å²) in [5, 5.41) is 22.9. The minimum absolute atomic E-state index is 0.0122. The topological polar surface area (TPSA) is 75.7 Å². The molecule has 1 fully saturated rings. The van der Waals surface area contributed by atoms with Crippen molar-refractivity contribution in [3.8, 4) is 0 Å². The van der Waals surface area contributed by atoms with Gasteiger partial charge in [0.2, 0.25) is 0 Å². The van der Waals surface area contributed by atoms with E-state index in [1.807, 2.05) is 6.92 Å². The minimum Gasteiger partial charge on any atom is -0.383 e. The van der Waals surface area contributed by atoms with Crippen LogP contribution in [0, 0.1) is 16.0 Å². The molecular formula is C13H14N2O3S. The molecule has 0 aromatic heterocycles. The SMILES string of the molecule is CN=C1SC2Cc3ccc([N+](=O)[O-])cc3C2(O)C1C. The van der Waals surface area contributed by atoms with Crippen LogP contribution in [0.4, 0.5) is 5.69 Å². The smallest absolute Gasteiger partial charge is 0.269 e. The molecule has 6 heteroatoms. The van der Waals surface area contributed by atoms with Crippen molar-refractivity contribution in [2.24, 2.45) is 10.9 Å². The highest BCUT2D eigenvalue weighted by Crippen LogP contribution is 2.55. The number of aliphatic imine (C=N–C) groups is 1. The number of aliphatic hydroxyl groups is 1. The summed E-state index contributed by atoms with van der Waals surface area (Å²) in [5.74, 6) is -0.115. The highest BCUT2D eigenvalue weighted by atomic mass is 32.2. The molecule has 3 unspecified atom stereocenters. The molecule has 0 spiro atoms. The van der Waals surface area contributed by atoms with Gasteiger partial charge in [-0.05, 0) is 17.5 Å². The Hall–Kier alpha value is -1.40. The lowest BCUT2D eigenvalue weighted by molar-refractivity contribution is -0.385. The lowest BCUT2D eigenvalue weighted by Crippen LogP contribution is -2.36. The van der Waals surface area contributed by atoms with E-state index in [2.05, 4.69) is 4.99 Å². The Morgan fingerprint density at radius 2 is 2.32 bits per heavy atom. The molecule has 0 bridgehead atoms. The molecule has 1 aliphatic carbocycles. The molecule has 19 heavy (non-hydrogen) atoms. The largest absolute Gasteiger partial charge is 0.383 e. The van der Waals surface area contributed by atoms with Crippen LogP contribution in [0.3, 0.4) is 0 Å². The van der Waals surface area contributed by atoms with Gasteiger partial charge in [0.1, 0.15) is 5.60 Å². The van der Waals surface area contributed by atoms with E-state index < -0.39 is 10.5 Å². The molecule has 0 saturated carbocycles. The van der Waals surface area contributed by atoms with Gasteiger partial charge >= 0.3 is 0 Å². The zero-order chi connectivity index (χ0) is 13.8. The van der Waals surface area contributed by atoms with Gasteiger partial charge in [0.15, 0.2) is 0 Å². The zero-order valence-corrected chi connectivity index (χ0v) is 11.5. The fourth-order valence-corrected chi connectivity index (χ4v) is 4.64. The second-order valence-electron chi connectivity index (χ2n) is 5.02. The quantitative estimate of drug-likeness (QED) is 0.630. The monoisotopic (exact) mass is 278 g/mol. The van der Waals surface area contributed by atoms with E-state index in [0.29, 0.717) is 5.56 Å². The molecule has 1 heterocycles. The number of non-ortho nitro benzene ring substituents is 1. The Kier molecular flexibility index (Phi) is 2.69. The van der Waals surface area contributed by atoms with Crippen molar-refractivity contribution in [3.05, 3.63) is 39.4 Å². The number of thioether (sulfide) groups is 1. The predicted octanol–water partition coefficient (Wildman–Crippen LogP) is 2.12. The first-order valence-corrected chi connectivity index (χ1v) is 7.00. The van der Waals surface area contributed by atoms with Crippen LogP contribution in [0.25, 0.3) is 0 Å². The van der Waals surface area contributed by atoms with E-state index in [0.717, 1.165) is 17.0 Å². The van der Waals surface area contributed by atoms with Crippen molar-refractivity contribution in [2.45, 2.75) is 24.2 Å². The van der Waals surface area contributed by atoms with Crippen LogP contribution in [0.1, 0.15) is 18.1 Å². The lowest BCUT2D eigenvalue weighted by Gasteiger charge is -2.27. The second-order valence-corrected chi connectivity index (χ2v) is 6.24. The van der Waals surface area contributed by atoms with E-state index in [-0.39, 0.29) is 16.9 Å². The molecule has 0 amide bonds. The Balaban J connectivity index is 2.14. The molecule has 5 nitrogen and oxygen atoms in total. The molecule has 1 saturated heterocycles. The first-order valence-electron chi connectivity index (χ1n) is 6.12. The number of hydrogen-bond acceptors (Lipinski definition) is 5. The maximum absolute atomic E-state index is 11.0.